The maximum Gasteiger partial charge on any atom is 0.186 e. The van der Waals surface area contributed by atoms with Gasteiger partial charge in [0.1, 0.15) is 0 Å². The van der Waals surface area contributed by atoms with Crippen LogP contribution in [0.5, 0.6) is 0 Å². The molecule has 3 nitrogen and oxygen atoms in total. The van der Waals surface area contributed by atoms with Gasteiger partial charge in [0.2, 0.25) is 0 Å². The molecule has 0 saturated heterocycles. The van der Waals surface area contributed by atoms with Crippen LogP contribution in [0, 0.1) is 11.6 Å². The summed E-state index contributed by atoms with van der Waals surface area (Å²) < 4.78 is 27.0. The summed E-state index contributed by atoms with van der Waals surface area (Å²) in [6.45, 7) is 1.82. The van der Waals surface area contributed by atoms with E-state index in [4.69, 9.17) is 0 Å². The van der Waals surface area contributed by atoms with E-state index >= 15 is 0 Å². The molecular weight excluding hydrogens is 370 g/mol. The first-order valence-electron chi connectivity index (χ1n) is 9.41. The Labute approximate surface area is 167 Å². The lowest BCUT2D eigenvalue weighted by atomic mass is 9.95. The van der Waals surface area contributed by atoms with Crippen molar-refractivity contribution in [2.24, 2.45) is 0 Å². The molecule has 2 atom stereocenters. The first kappa shape index (κ1) is 19.0. The van der Waals surface area contributed by atoms with Crippen LogP contribution in [0.25, 0.3) is 10.9 Å². The maximum atomic E-state index is 13.7. The zero-order valence-corrected chi connectivity index (χ0v) is 15.8. The molecule has 2 N–H and O–H groups in total. The van der Waals surface area contributed by atoms with Crippen molar-refractivity contribution in [1.82, 2.24) is 10.3 Å². The number of Topliss-reactive ketones (excluding diaryl/α,β-unsaturated/α-hetero) is 1. The monoisotopic (exact) mass is 390 g/mol. The minimum absolute atomic E-state index is 0.0944. The van der Waals surface area contributed by atoms with E-state index in [0.717, 1.165) is 28.6 Å². The van der Waals surface area contributed by atoms with Gasteiger partial charge in [0.05, 0.1) is 6.04 Å². The molecule has 29 heavy (non-hydrogen) atoms. The zero-order chi connectivity index (χ0) is 20.4. The van der Waals surface area contributed by atoms with E-state index in [0.29, 0.717) is 11.1 Å². The summed E-state index contributed by atoms with van der Waals surface area (Å²) in [5.74, 6) is -1.89. The molecule has 0 amide bonds. The van der Waals surface area contributed by atoms with Crippen LogP contribution in [0.1, 0.15) is 40.5 Å². The predicted molar refractivity (Wildman–Crippen MR) is 110 cm³/mol. The molecule has 2 unspecified atom stereocenters. The highest BCUT2D eigenvalue weighted by molar-refractivity contribution is 6.10. The number of aromatic nitrogens is 1. The van der Waals surface area contributed by atoms with Gasteiger partial charge in [-0.2, -0.15) is 0 Å². The highest BCUT2D eigenvalue weighted by Gasteiger charge is 2.26. The Bertz CT molecular complexity index is 1150. The van der Waals surface area contributed by atoms with E-state index in [1.54, 1.807) is 6.20 Å². The number of fused-ring (bicyclic) bond motifs is 1. The van der Waals surface area contributed by atoms with E-state index < -0.39 is 17.7 Å². The van der Waals surface area contributed by atoms with E-state index in [9.17, 15) is 13.6 Å². The van der Waals surface area contributed by atoms with Gasteiger partial charge in [-0.3, -0.25) is 10.1 Å². The van der Waals surface area contributed by atoms with E-state index in [2.05, 4.69) is 10.3 Å². The van der Waals surface area contributed by atoms with Gasteiger partial charge in [-0.25, -0.2) is 8.78 Å². The Morgan fingerprint density at radius 1 is 0.897 bits per heavy atom. The molecule has 1 heterocycles. The van der Waals surface area contributed by atoms with E-state index in [-0.39, 0.29) is 11.8 Å². The summed E-state index contributed by atoms with van der Waals surface area (Å²) in [5, 5.41) is 4.14. The van der Waals surface area contributed by atoms with Gasteiger partial charge in [0, 0.05) is 28.7 Å². The Kier molecular flexibility index (Phi) is 5.23. The summed E-state index contributed by atoms with van der Waals surface area (Å²) in [5.41, 5.74) is 2.84. The zero-order valence-electron chi connectivity index (χ0n) is 15.8. The number of ketones is 1. The van der Waals surface area contributed by atoms with Crippen LogP contribution in [0.4, 0.5) is 8.78 Å². The van der Waals surface area contributed by atoms with Gasteiger partial charge in [0.15, 0.2) is 17.4 Å². The molecule has 146 valence electrons. The summed E-state index contributed by atoms with van der Waals surface area (Å²) >= 11 is 0. The molecule has 0 bridgehead atoms. The molecule has 0 spiro atoms. The SMILES string of the molecule is CC(NC(C(=O)c1c[nH]c2ccccc12)c1ccccc1)c1ccc(F)c(F)c1. The Hall–Kier alpha value is -3.31. The number of carbonyl (C=O) groups is 1. The molecule has 1 aromatic heterocycles. The van der Waals surface area contributed by atoms with Gasteiger partial charge < -0.3 is 4.98 Å². The quantitative estimate of drug-likeness (QED) is 0.414. The number of halogens is 2. The van der Waals surface area contributed by atoms with Crippen LogP contribution in [-0.4, -0.2) is 10.8 Å². The van der Waals surface area contributed by atoms with Crippen LogP contribution in [0.3, 0.4) is 0 Å². The summed E-state index contributed by atoms with van der Waals surface area (Å²) in [7, 11) is 0. The lowest BCUT2D eigenvalue weighted by Gasteiger charge is -2.23. The number of hydrogen-bond donors (Lipinski definition) is 2. The van der Waals surface area contributed by atoms with E-state index in [1.807, 2.05) is 61.5 Å². The fourth-order valence-corrected chi connectivity index (χ4v) is 3.53. The van der Waals surface area contributed by atoms with Crippen LogP contribution in [-0.2, 0) is 0 Å². The molecule has 0 saturated carbocycles. The van der Waals surface area contributed by atoms with Crippen LogP contribution < -0.4 is 5.32 Å². The lowest BCUT2D eigenvalue weighted by molar-refractivity contribution is 0.0938. The van der Waals surface area contributed by atoms with Gasteiger partial charge in [-0.05, 0) is 36.2 Å². The number of nitrogens with one attached hydrogen (secondary N) is 2. The first-order chi connectivity index (χ1) is 14.0. The van der Waals surface area contributed by atoms with Crippen molar-refractivity contribution in [3.8, 4) is 0 Å². The molecule has 5 heteroatoms. The van der Waals surface area contributed by atoms with Crippen LogP contribution in [0.2, 0.25) is 0 Å². The third-order valence-electron chi connectivity index (χ3n) is 5.11. The molecule has 0 aliphatic carbocycles. The molecule has 4 rings (SSSR count). The number of H-pyrrole nitrogens is 1. The minimum atomic E-state index is -0.907. The second-order valence-electron chi connectivity index (χ2n) is 7.02. The first-order valence-corrected chi connectivity index (χ1v) is 9.41. The molecular formula is C24H20F2N2O. The van der Waals surface area contributed by atoms with Crippen molar-refractivity contribution in [2.75, 3.05) is 0 Å². The third-order valence-corrected chi connectivity index (χ3v) is 5.11. The van der Waals surface area contributed by atoms with E-state index in [1.165, 1.54) is 6.07 Å². The van der Waals surface area contributed by atoms with Gasteiger partial charge >= 0.3 is 0 Å². The van der Waals surface area contributed by atoms with Crippen molar-refractivity contribution >= 4 is 16.7 Å². The number of para-hydroxylation sites is 1. The number of hydrogen-bond acceptors (Lipinski definition) is 2. The average molecular weight is 390 g/mol. The highest BCUT2D eigenvalue weighted by Crippen LogP contribution is 2.27. The predicted octanol–water partition coefficient (Wildman–Crippen LogP) is 5.72. The second-order valence-corrected chi connectivity index (χ2v) is 7.02. The molecule has 0 fully saturated rings. The minimum Gasteiger partial charge on any atom is -0.360 e. The molecule has 3 aromatic carbocycles. The maximum absolute atomic E-state index is 13.7. The smallest absolute Gasteiger partial charge is 0.186 e. The number of carbonyl (C=O) groups excluding carboxylic acids is 1. The van der Waals surface area contributed by atoms with Crippen molar-refractivity contribution in [3.05, 3.63) is 107 Å². The Balaban J connectivity index is 1.70. The fraction of sp³-hybridized carbons (Fsp3) is 0.125. The standard InChI is InChI=1S/C24H20F2N2O/c1-15(17-11-12-20(25)21(26)13-17)28-23(16-7-3-2-4-8-16)24(29)19-14-27-22-10-6-5-9-18(19)22/h2-15,23,27-28H,1H3. The van der Waals surface area contributed by atoms with Crippen molar-refractivity contribution in [1.29, 1.82) is 0 Å². The molecule has 0 radical (unpaired) electrons. The molecule has 0 aliphatic rings. The lowest BCUT2D eigenvalue weighted by Crippen LogP contribution is -2.31. The topological polar surface area (TPSA) is 44.9 Å². The van der Waals surface area contributed by atoms with Gasteiger partial charge in [-0.1, -0.05) is 54.6 Å². The van der Waals surface area contributed by atoms with Crippen molar-refractivity contribution in [2.45, 2.75) is 19.0 Å². The third kappa shape index (κ3) is 3.82. The fourth-order valence-electron chi connectivity index (χ4n) is 3.53. The highest BCUT2D eigenvalue weighted by atomic mass is 19.2. The normalized spacial score (nSPS) is 13.3. The number of aromatic amines is 1. The van der Waals surface area contributed by atoms with Gasteiger partial charge in [-0.15, -0.1) is 0 Å². The summed E-state index contributed by atoms with van der Waals surface area (Å²) in [6, 6.07) is 19.8. The number of benzene rings is 3. The van der Waals surface area contributed by atoms with Crippen LogP contribution in [0.15, 0.2) is 79.0 Å². The summed E-state index contributed by atoms with van der Waals surface area (Å²) in [4.78, 5) is 16.6. The van der Waals surface area contributed by atoms with Crippen LogP contribution >= 0.6 is 0 Å². The Morgan fingerprint density at radius 3 is 2.38 bits per heavy atom. The van der Waals surface area contributed by atoms with Crippen molar-refractivity contribution < 1.29 is 13.6 Å². The number of rotatable bonds is 6. The molecule has 4 aromatic rings. The largest absolute Gasteiger partial charge is 0.360 e. The van der Waals surface area contributed by atoms with Gasteiger partial charge in [0.25, 0.3) is 0 Å². The summed E-state index contributed by atoms with van der Waals surface area (Å²) in [6.07, 6.45) is 1.72. The molecule has 0 aliphatic heterocycles. The Morgan fingerprint density at radius 2 is 1.62 bits per heavy atom. The average Bonchev–Trinajstić information content (AvgIpc) is 3.18. The van der Waals surface area contributed by atoms with Crippen molar-refractivity contribution in [3.63, 3.8) is 0 Å². The second kappa shape index (κ2) is 7.97.